The van der Waals surface area contributed by atoms with Gasteiger partial charge in [-0.2, -0.15) is 0 Å². The van der Waals surface area contributed by atoms with Crippen molar-refractivity contribution in [1.82, 2.24) is 4.57 Å². The topological polar surface area (TPSA) is 39.1 Å². The molecule has 1 heterocycles. The highest BCUT2D eigenvalue weighted by Gasteiger charge is 2.20. The predicted octanol–water partition coefficient (Wildman–Crippen LogP) is 2.81. The first kappa shape index (κ1) is 13.1. The maximum atomic E-state index is 12.1. The molecule has 0 radical (unpaired) electrons. The molecule has 18 heavy (non-hydrogen) atoms. The summed E-state index contributed by atoms with van der Waals surface area (Å²) in [6.07, 6.45) is 1.93. The van der Waals surface area contributed by atoms with Gasteiger partial charge in [0.1, 0.15) is 0 Å². The molecule has 0 spiro atoms. The van der Waals surface area contributed by atoms with E-state index in [1.807, 2.05) is 42.9 Å². The van der Waals surface area contributed by atoms with Crippen LogP contribution in [0.3, 0.4) is 0 Å². The molecule has 0 atom stereocenters. The molecule has 0 aliphatic carbocycles. The fourth-order valence-corrected chi connectivity index (χ4v) is 3.21. The van der Waals surface area contributed by atoms with E-state index in [0.29, 0.717) is 0 Å². The first-order valence-corrected chi connectivity index (χ1v) is 7.79. The van der Waals surface area contributed by atoms with Crippen molar-refractivity contribution < 1.29 is 8.42 Å². The van der Waals surface area contributed by atoms with Gasteiger partial charge in [0.25, 0.3) is 0 Å². The lowest BCUT2D eigenvalue weighted by molar-refractivity contribution is 0.586. The number of hydrogen-bond donors (Lipinski definition) is 0. The molecule has 0 aliphatic heterocycles. The van der Waals surface area contributed by atoms with Crippen LogP contribution in [0.5, 0.6) is 0 Å². The van der Waals surface area contributed by atoms with E-state index < -0.39 is 9.84 Å². The lowest BCUT2D eigenvalue weighted by Crippen LogP contribution is -2.15. The third-order valence-corrected chi connectivity index (χ3v) is 5.53. The third-order valence-electron chi connectivity index (χ3n) is 3.38. The molecule has 3 nitrogen and oxygen atoms in total. The molecule has 0 amide bonds. The van der Waals surface area contributed by atoms with Crippen LogP contribution in [0.4, 0.5) is 0 Å². The number of sulfone groups is 1. The van der Waals surface area contributed by atoms with E-state index in [1.165, 1.54) is 0 Å². The molecule has 0 aliphatic rings. The van der Waals surface area contributed by atoms with Crippen LogP contribution in [0.1, 0.15) is 25.0 Å². The zero-order valence-corrected chi connectivity index (χ0v) is 12.1. The van der Waals surface area contributed by atoms with Crippen molar-refractivity contribution in [2.24, 2.45) is 7.05 Å². The Morgan fingerprint density at radius 2 is 1.94 bits per heavy atom. The Kier molecular flexibility index (Phi) is 3.23. The molecule has 0 bridgehead atoms. The van der Waals surface area contributed by atoms with Crippen molar-refractivity contribution in [3.05, 3.63) is 35.5 Å². The summed E-state index contributed by atoms with van der Waals surface area (Å²) < 4.78 is 26.1. The fraction of sp³-hybridized carbons (Fsp3) is 0.429. The second kappa shape index (κ2) is 4.43. The maximum Gasteiger partial charge on any atom is 0.156 e. The van der Waals surface area contributed by atoms with E-state index in [0.717, 1.165) is 22.0 Å². The van der Waals surface area contributed by atoms with Crippen molar-refractivity contribution >= 4 is 20.7 Å². The second-order valence-electron chi connectivity index (χ2n) is 5.09. The molecule has 0 unspecified atom stereocenters. The van der Waals surface area contributed by atoms with Gasteiger partial charge >= 0.3 is 0 Å². The monoisotopic (exact) mass is 265 g/mol. The van der Waals surface area contributed by atoms with Gasteiger partial charge in [0, 0.05) is 24.1 Å². The summed E-state index contributed by atoms with van der Waals surface area (Å²) in [5.74, 6) is 0.118. The Balaban J connectivity index is 2.60. The minimum Gasteiger partial charge on any atom is -0.350 e. The van der Waals surface area contributed by atoms with E-state index >= 15 is 0 Å². The number of aromatic nitrogens is 1. The molecule has 0 fully saturated rings. The molecule has 1 aromatic carbocycles. The maximum absolute atomic E-state index is 12.1. The molecule has 98 valence electrons. The standard InChI is InChI=1S/C14H19NO2S/c1-10(2)18(16,17)9-12-8-15(4)13-7-5-6-11(3)14(12)13/h5-8,10H,9H2,1-4H3. The lowest BCUT2D eigenvalue weighted by Gasteiger charge is -2.07. The Hall–Kier alpha value is -1.29. The summed E-state index contributed by atoms with van der Waals surface area (Å²) >= 11 is 0. The van der Waals surface area contributed by atoms with Crippen molar-refractivity contribution in [1.29, 1.82) is 0 Å². The highest BCUT2D eigenvalue weighted by Crippen LogP contribution is 2.26. The van der Waals surface area contributed by atoms with E-state index in [9.17, 15) is 8.42 Å². The smallest absolute Gasteiger partial charge is 0.156 e. The molecule has 0 saturated heterocycles. The molecule has 2 aromatic rings. The summed E-state index contributed by atoms with van der Waals surface area (Å²) in [4.78, 5) is 0. The van der Waals surface area contributed by atoms with E-state index in [-0.39, 0.29) is 11.0 Å². The van der Waals surface area contributed by atoms with Gasteiger partial charge in [-0.15, -0.1) is 0 Å². The number of hydrogen-bond acceptors (Lipinski definition) is 2. The number of rotatable bonds is 3. The zero-order valence-electron chi connectivity index (χ0n) is 11.3. The summed E-state index contributed by atoms with van der Waals surface area (Å²) in [6.45, 7) is 5.48. The van der Waals surface area contributed by atoms with Gasteiger partial charge in [0.05, 0.1) is 11.0 Å². The minimum atomic E-state index is -3.06. The first-order valence-electron chi connectivity index (χ1n) is 6.08. The van der Waals surface area contributed by atoms with Crippen LogP contribution in [0, 0.1) is 6.92 Å². The van der Waals surface area contributed by atoms with Crippen LogP contribution in [0.25, 0.3) is 10.9 Å². The molecular formula is C14H19NO2S. The van der Waals surface area contributed by atoms with E-state index in [4.69, 9.17) is 0 Å². The SMILES string of the molecule is Cc1cccc2c1c(CS(=O)(=O)C(C)C)cn2C. The van der Waals surface area contributed by atoms with Gasteiger partial charge in [-0.1, -0.05) is 12.1 Å². The average Bonchev–Trinajstić information content (AvgIpc) is 2.56. The minimum absolute atomic E-state index is 0.118. The van der Waals surface area contributed by atoms with Gasteiger partial charge in [-0.05, 0) is 38.0 Å². The Bertz CT molecular complexity index is 681. The average molecular weight is 265 g/mol. The van der Waals surface area contributed by atoms with Crippen molar-refractivity contribution in [2.75, 3.05) is 0 Å². The van der Waals surface area contributed by atoms with Crippen LogP contribution >= 0.6 is 0 Å². The summed E-state index contributed by atoms with van der Waals surface area (Å²) in [5, 5.41) is 0.737. The van der Waals surface area contributed by atoms with E-state index in [2.05, 4.69) is 0 Å². The van der Waals surface area contributed by atoms with Crippen LogP contribution < -0.4 is 0 Å². The third kappa shape index (κ3) is 2.17. The second-order valence-corrected chi connectivity index (χ2v) is 7.65. The zero-order chi connectivity index (χ0) is 13.5. The summed E-state index contributed by atoms with van der Waals surface area (Å²) in [6, 6.07) is 6.04. The van der Waals surface area contributed by atoms with Crippen LogP contribution in [-0.2, 0) is 22.6 Å². The van der Waals surface area contributed by atoms with Gasteiger partial charge in [0.2, 0.25) is 0 Å². The number of fused-ring (bicyclic) bond motifs is 1. The van der Waals surface area contributed by atoms with Gasteiger partial charge in [-0.25, -0.2) is 8.42 Å². The number of benzene rings is 1. The molecule has 2 rings (SSSR count). The van der Waals surface area contributed by atoms with Crippen molar-refractivity contribution in [3.63, 3.8) is 0 Å². The largest absolute Gasteiger partial charge is 0.350 e. The fourth-order valence-electron chi connectivity index (χ4n) is 2.22. The van der Waals surface area contributed by atoms with Crippen LogP contribution in [-0.4, -0.2) is 18.2 Å². The molecular weight excluding hydrogens is 246 g/mol. The molecule has 4 heteroatoms. The summed E-state index contributed by atoms with van der Waals surface area (Å²) in [5.41, 5.74) is 3.12. The molecule has 1 aromatic heterocycles. The first-order chi connectivity index (χ1) is 8.33. The van der Waals surface area contributed by atoms with Crippen LogP contribution in [0.15, 0.2) is 24.4 Å². The highest BCUT2D eigenvalue weighted by atomic mass is 32.2. The number of aryl methyl sites for hydroxylation is 2. The Labute approximate surface area is 108 Å². The highest BCUT2D eigenvalue weighted by molar-refractivity contribution is 7.91. The molecule has 0 N–H and O–H groups in total. The lowest BCUT2D eigenvalue weighted by atomic mass is 10.1. The van der Waals surface area contributed by atoms with Crippen molar-refractivity contribution in [3.8, 4) is 0 Å². The molecule has 0 saturated carbocycles. The number of nitrogens with zero attached hydrogens (tertiary/aromatic N) is 1. The van der Waals surface area contributed by atoms with Crippen LogP contribution in [0.2, 0.25) is 0 Å². The Morgan fingerprint density at radius 3 is 2.56 bits per heavy atom. The normalized spacial score (nSPS) is 12.5. The van der Waals surface area contributed by atoms with E-state index in [1.54, 1.807) is 13.8 Å². The quantitative estimate of drug-likeness (QED) is 0.856. The van der Waals surface area contributed by atoms with Gasteiger partial charge < -0.3 is 4.57 Å². The summed E-state index contributed by atoms with van der Waals surface area (Å²) in [7, 11) is -1.11. The van der Waals surface area contributed by atoms with Crippen molar-refractivity contribution in [2.45, 2.75) is 31.8 Å². The predicted molar refractivity (Wildman–Crippen MR) is 75.4 cm³/mol. The van der Waals surface area contributed by atoms with Gasteiger partial charge in [-0.3, -0.25) is 0 Å². The van der Waals surface area contributed by atoms with Gasteiger partial charge in [0.15, 0.2) is 9.84 Å². The Morgan fingerprint density at radius 1 is 1.28 bits per heavy atom.